The van der Waals surface area contributed by atoms with E-state index in [4.69, 9.17) is 30.5 Å². The first-order valence-electron chi connectivity index (χ1n) is 9.13. The zero-order valence-electron chi connectivity index (χ0n) is 15.5. The molecule has 3 saturated heterocycles. The van der Waals surface area contributed by atoms with Crippen LogP contribution in [-0.2, 0) is 33.3 Å². The van der Waals surface area contributed by atoms with Crippen LogP contribution in [0.1, 0.15) is 20.3 Å². The number of hydrogen-bond acceptors (Lipinski definition) is 8. The fourth-order valence-corrected chi connectivity index (χ4v) is 5.64. The van der Waals surface area contributed by atoms with Gasteiger partial charge in [-0.1, -0.05) is 17.7 Å². The molecule has 5 rings (SSSR count). The van der Waals surface area contributed by atoms with Gasteiger partial charge >= 0.3 is 6.16 Å². The minimum atomic E-state index is -1.12. The summed E-state index contributed by atoms with van der Waals surface area (Å²) < 4.78 is 27.9. The zero-order chi connectivity index (χ0) is 20.1. The maximum atomic E-state index is 13.1. The molecule has 152 valence electrons. The number of rotatable bonds is 1. The minimum Gasteiger partial charge on any atom is -0.438 e. The number of hydrogen-bond donors (Lipinski definition) is 1. The third-order valence-electron chi connectivity index (χ3n) is 6.26. The first-order chi connectivity index (χ1) is 13.1. The van der Waals surface area contributed by atoms with Gasteiger partial charge < -0.3 is 29.0 Å². The Hall–Kier alpha value is -1.68. The lowest BCUT2D eigenvalue weighted by Crippen LogP contribution is -2.78. The summed E-state index contributed by atoms with van der Waals surface area (Å²) in [5, 5.41) is 1.79. The summed E-state index contributed by atoms with van der Waals surface area (Å²) in [5.74, 6) is -2.96. The van der Waals surface area contributed by atoms with E-state index in [2.05, 4.69) is 10.1 Å². The molecule has 10 heteroatoms. The van der Waals surface area contributed by atoms with Crippen LogP contribution < -0.4 is 5.32 Å². The predicted octanol–water partition coefficient (Wildman–Crippen LogP) is 0.636. The summed E-state index contributed by atoms with van der Waals surface area (Å²) in [6.45, 7) is 3.36. The molecule has 8 atom stereocenters. The fraction of sp³-hybridized carbons (Fsp3) is 0.722. The summed E-state index contributed by atoms with van der Waals surface area (Å²) in [7, 11) is 1.16. The van der Waals surface area contributed by atoms with Crippen LogP contribution in [0.4, 0.5) is 4.79 Å². The second-order valence-corrected chi connectivity index (χ2v) is 8.95. The number of amides is 1. The highest BCUT2D eigenvalue weighted by molar-refractivity contribution is 6.25. The van der Waals surface area contributed by atoms with Crippen LogP contribution in [0.3, 0.4) is 0 Å². The van der Waals surface area contributed by atoms with Gasteiger partial charge in [-0.15, -0.1) is 0 Å². The van der Waals surface area contributed by atoms with E-state index in [9.17, 15) is 14.4 Å². The predicted molar refractivity (Wildman–Crippen MR) is 91.2 cm³/mol. The molecular weight excluding hydrogens is 394 g/mol. The van der Waals surface area contributed by atoms with E-state index in [1.54, 1.807) is 26.0 Å². The molecule has 1 spiro atoms. The molecule has 4 heterocycles. The maximum absolute atomic E-state index is 13.1. The van der Waals surface area contributed by atoms with Gasteiger partial charge in [-0.25, -0.2) is 4.79 Å². The van der Waals surface area contributed by atoms with Crippen LogP contribution in [0.2, 0.25) is 0 Å². The Morgan fingerprint density at radius 3 is 2.64 bits per heavy atom. The lowest BCUT2D eigenvalue weighted by atomic mass is 9.61. The number of carbonyl (C=O) groups is 3. The molecule has 4 aliphatic heterocycles. The standard InChI is InChI=1S/C18H20ClNO8/c1-16(2)26-11-8-9(12(25-15(23)24-3)13(27-16)10(11)21)20-14(22)7-6-17(19)4-5-18(7,8)28-17/h4-5,7-9,11-13H,6H2,1-3H3,(H,20,22)/t7?,8-,9-,11-,12+,13-,17?,18?/m1/s1. The second kappa shape index (κ2) is 5.47. The van der Waals surface area contributed by atoms with Gasteiger partial charge in [-0.3, -0.25) is 9.59 Å². The molecule has 1 aliphatic carbocycles. The Balaban J connectivity index is 1.63. The van der Waals surface area contributed by atoms with Crippen molar-refractivity contribution in [3.63, 3.8) is 0 Å². The first-order valence-corrected chi connectivity index (χ1v) is 9.51. The Morgan fingerprint density at radius 2 is 1.96 bits per heavy atom. The molecule has 4 fully saturated rings. The van der Waals surface area contributed by atoms with Crippen molar-refractivity contribution >= 4 is 29.4 Å². The molecule has 28 heavy (non-hydrogen) atoms. The monoisotopic (exact) mass is 413 g/mol. The SMILES string of the molecule is COC(=O)O[C@H]1[C@@H]2NC(=O)C3CC4(Cl)C=CC3(O4)[C@H]2[C@H]2OC(C)(C)O[C@@H]1C2=O. The number of fused-ring (bicyclic) bond motifs is 5. The van der Waals surface area contributed by atoms with Crippen molar-refractivity contribution in [2.24, 2.45) is 11.8 Å². The highest BCUT2D eigenvalue weighted by atomic mass is 35.5. The highest BCUT2D eigenvalue weighted by Crippen LogP contribution is 2.60. The Labute approximate surface area is 165 Å². The Bertz CT molecular complexity index is 813. The lowest BCUT2D eigenvalue weighted by molar-refractivity contribution is -0.326. The van der Waals surface area contributed by atoms with Crippen molar-refractivity contribution in [3.05, 3.63) is 12.2 Å². The normalized spacial score (nSPS) is 49.9. The van der Waals surface area contributed by atoms with Crippen molar-refractivity contribution in [2.75, 3.05) is 7.11 Å². The average Bonchev–Trinajstić information content (AvgIpc) is 3.11. The van der Waals surface area contributed by atoms with Crippen molar-refractivity contribution < 1.29 is 38.1 Å². The summed E-state index contributed by atoms with van der Waals surface area (Å²) in [6, 6.07) is -0.770. The molecular formula is C18H20ClNO8. The van der Waals surface area contributed by atoms with Gasteiger partial charge in [-0.2, -0.15) is 0 Å². The number of ketones is 1. The van der Waals surface area contributed by atoms with Gasteiger partial charge in [0.1, 0.15) is 11.7 Å². The third-order valence-corrected chi connectivity index (χ3v) is 6.62. The number of ether oxygens (including phenoxy) is 5. The van der Waals surface area contributed by atoms with Crippen LogP contribution in [0.5, 0.6) is 0 Å². The molecule has 3 unspecified atom stereocenters. The molecule has 9 nitrogen and oxygen atoms in total. The summed E-state index contributed by atoms with van der Waals surface area (Å²) in [4.78, 5) is 37.9. The zero-order valence-corrected chi connectivity index (χ0v) is 16.2. The van der Waals surface area contributed by atoms with Crippen molar-refractivity contribution in [2.45, 2.75) is 61.1 Å². The molecule has 1 amide bonds. The number of nitrogens with one attached hydrogen (secondary N) is 1. The highest BCUT2D eigenvalue weighted by Gasteiger charge is 2.74. The van der Waals surface area contributed by atoms with Gasteiger partial charge in [0.2, 0.25) is 5.91 Å². The van der Waals surface area contributed by atoms with Crippen molar-refractivity contribution in [1.82, 2.24) is 5.32 Å². The van der Waals surface area contributed by atoms with E-state index in [1.165, 1.54) is 0 Å². The van der Waals surface area contributed by atoms with Crippen LogP contribution in [0.15, 0.2) is 12.2 Å². The van der Waals surface area contributed by atoms with Crippen molar-refractivity contribution in [3.8, 4) is 0 Å². The smallest absolute Gasteiger partial charge is 0.438 e. The quantitative estimate of drug-likeness (QED) is 0.379. The van der Waals surface area contributed by atoms with Crippen LogP contribution >= 0.6 is 11.6 Å². The number of halogens is 1. The van der Waals surface area contributed by atoms with E-state index in [0.29, 0.717) is 0 Å². The molecule has 0 aromatic rings. The van der Waals surface area contributed by atoms with Gasteiger partial charge in [0.25, 0.3) is 0 Å². The minimum absolute atomic E-state index is 0.279. The maximum Gasteiger partial charge on any atom is 0.508 e. The fourth-order valence-electron chi connectivity index (χ4n) is 5.29. The number of alkyl halides is 1. The molecule has 1 saturated carbocycles. The number of Topliss-reactive ketones (excluding diaryl/α,β-unsaturated/α-hetero) is 1. The van der Waals surface area contributed by atoms with Gasteiger partial charge in [0.15, 0.2) is 28.8 Å². The van der Waals surface area contributed by atoms with Gasteiger partial charge in [-0.05, 0) is 19.9 Å². The van der Waals surface area contributed by atoms with Gasteiger partial charge in [0.05, 0.1) is 25.0 Å². The summed E-state index contributed by atoms with van der Waals surface area (Å²) in [6.07, 6.45) is -0.343. The molecule has 0 aromatic carbocycles. The Kier molecular flexibility index (Phi) is 3.59. The van der Waals surface area contributed by atoms with E-state index in [-0.39, 0.29) is 18.1 Å². The molecule has 4 bridgehead atoms. The van der Waals surface area contributed by atoms with Crippen LogP contribution in [-0.4, -0.2) is 65.8 Å². The molecule has 1 N–H and O–H groups in total. The Morgan fingerprint density at radius 1 is 1.25 bits per heavy atom. The number of methoxy groups -OCH3 is 1. The van der Waals surface area contributed by atoms with E-state index in [1.807, 2.05) is 0 Å². The number of piperidine rings is 1. The summed E-state index contributed by atoms with van der Waals surface area (Å²) >= 11 is 6.49. The largest absolute Gasteiger partial charge is 0.508 e. The van der Waals surface area contributed by atoms with E-state index in [0.717, 1.165) is 7.11 Å². The van der Waals surface area contributed by atoms with Crippen LogP contribution in [0, 0.1) is 11.8 Å². The van der Waals surface area contributed by atoms with E-state index >= 15 is 0 Å². The van der Waals surface area contributed by atoms with E-state index < -0.39 is 58.8 Å². The summed E-state index contributed by atoms with van der Waals surface area (Å²) in [5.41, 5.74) is -1.12. The average molecular weight is 414 g/mol. The molecule has 5 aliphatic rings. The lowest BCUT2D eigenvalue weighted by Gasteiger charge is -2.57. The first kappa shape index (κ1) is 18.4. The topological polar surface area (TPSA) is 109 Å². The van der Waals surface area contributed by atoms with Crippen LogP contribution in [0.25, 0.3) is 0 Å². The number of carbonyl (C=O) groups excluding carboxylic acids is 3. The molecule has 0 aromatic heterocycles. The van der Waals surface area contributed by atoms with Crippen molar-refractivity contribution in [1.29, 1.82) is 0 Å². The second-order valence-electron chi connectivity index (χ2n) is 8.31. The van der Waals surface area contributed by atoms with Gasteiger partial charge in [0, 0.05) is 6.42 Å². The molecule has 0 radical (unpaired) electrons. The third kappa shape index (κ3) is 2.27.